The number of hydrogen-bond donors (Lipinski definition) is 2. The van der Waals surface area contributed by atoms with Gasteiger partial charge in [0.05, 0.1) is 15.4 Å². The number of fused-ring (bicyclic) bond motifs is 1. The van der Waals surface area contributed by atoms with Crippen LogP contribution in [-0.4, -0.2) is 38.1 Å². The number of nitro groups is 1. The number of non-ortho nitro benzene ring substituents is 1. The first-order valence-corrected chi connectivity index (χ1v) is 10.4. The fourth-order valence-electron chi connectivity index (χ4n) is 3.15. The first-order chi connectivity index (χ1) is 13.7. The van der Waals surface area contributed by atoms with Crippen molar-refractivity contribution in [1.29, 1.82) is 0 Å². The summed E-state index contributed by atoms with van der Waals surface area (Å²) in [5.74, 6) is -0.0300. The van der Waals surface area contributed by atoms with Crippen LogP contribution in [0.25, 0.3) is 0 Å². The predicted molar refractivity (Wildman–Crippen MR) is 101 cm³/mol. The molecule has 0 saturated heterocycles. The van der Waals surface area contributed by atoms with Gasteiger partial charge in [0.25, 0.3) is 11.6 Å². The van der Waals surface area contributed by atoms with Crippen molar-refractivity contribution in [2.75, 3.05) is 13.1 Å². The number of rotatable bonds is 7. The molecule has 1 aliphatic carbocycles. The van der Waals surface area contributed by atoms with E-state index in [1.54, 1.807) is 6.92 Å². The Hall–Kier alpha value is -3.05. The molecule has 0 fully saturated rings. The van der Waals surface area contributed by atoms with Gasteiger partial charge in [-0.05, 0) is 19.4 Å². The second kappa shape index (κ2) is 8.13. The van der Waals surface area contributed by atoms with E-state index in [0.29, 0.717) is 36.1 Å². The van der Waals surface area contributed by atoms with Crippen molar-refractivity contribution in [1.82, 2.24) is 10.0 Å². The third-order valence-electron chi connectivity index (χ3n) is 4.55. The van der Waals surface area contributed by atoms with Crippen molar-refractivity contribution in [2.45, 2.75) is 31.1 Å². The van der Waals surface area contributed by atoms with E-state index in [0.717, 1.165) is 6.07 Å². The lowest BCUT2D eigenvalue weighted by Crippen LogP contribution is -2.34. The molecule has 0 bridgehead atoms. The lowest BCUT2D eigenvalue weighted by molar-refractivity contribution is -0.385. The first-order valence-electron chi connectivity index (χ1n) is 8.88. The molecule has 10 nitrogen and oxygen atoms in total. The lowest BCUT2D eigenvalue weighted by atomic mass is 9.94. The highest BCUT2D eigenvalue weighted by Crippen LogP contribution is 2.29. The number of sulfonamides is 1. The van der Waals surface area contributed by atoms with Crippen LogP contribution >= 0.6 is 0 Å². The fourth-order valence-corrected chi connectivity index (χ4v) is 4.23. The maximum atomic E-state index is 12.3. The molecule has 0 aliphatic heterocycles. The molecule has 11 heteroatoms. The molecule has 0 spiro atoms. The van der Waals surface area contributed by atoms with E-state index >= 15 is 0 Å². The number of carbonyl (C=O) groups is 2. The molecule has 2 N–H and O–H groups in total. The van der Waals surface area contributed by atoms with E-state index in [9.17, 15) is 28.1 Å². The Morgan fingerprint density at radius 1 is 1.28 bits per heavy atom. The third kappa shape index (κ3) is 4.35. The van der Waals surface area contributed by atoms with Crippen molar-refractivity contribution < 1.29 is 27.3 Å². The minimum absolute atomic E-state index is 0.0360. The highest BCUT2D eigenvalue weighted by Gasteiger charge is 2.28. The molecule has 1 aromatic carbocycles. The van der Waals surface area contributed by atoms with Crippen LogP contribution < -0.4 is 10.0 Å². The zero-order chi connectivity index (χ0) is 21.2. The van der Waals surface area contributed by atoms with Crippen LogP contribution in [0.15, 0.2) is 33.6 Å². The van der Waals surface area contributed by atoms with Crippen molar-refractivity contribution in [3.63, 3.8) is 0 Å². The molecule has 1 amide bonds. The Morgan fingerprint density at radius 2 is 2.03 bits per heavy atom. The standard InChI is InChI=1S/C18H19N3O7S/c1-11-16-14(22)6-3-7-15(16)28-17(11)18(23)19-8-9-20-29(26,27)13-5-2-4-12(10-13)21(24)25/h2,4-5,10,20H,3,6-9H2,1H3,(H,19,23). The van der Waals surface area contributed by atoms with E-state index in [1.807, 2.05) is 0 Å². The Morgan fingerprint density at radius 3 is 2.72 bits per heavy atom. The van der Waals surface area contributed by atoms with Crippen molar-refractivity contribution >= 4 is 27.4 Å². The number of furan rings is 1. The second-order valence-electron chi connectivity index (χ2n) is 6.54. The van der Waals surface area contributed by atoms with Gasteiger partial charge < -0.3 is 9.73 Å². The van der Waals surface area contributed by atoms with Gasteiger partial charge in [-0.2, -0.15) is 0 Å². The molecule has 1 heterocycles. The number of Topliss-reactive ketones (excluding diaryl/α,β-unsaturated/α-hetero) is 1. The minimum atomic E-state index is -3.97. The van der Waals surface area contributed by atoms with Gasteiger partial charge in [0.1, 0.15) is 5.76 Å². The number of benzene rings is 1. The van der Waals surface area contributed by atoms with Crippen LogP contribution in [0, 0.1) is 17.0 Å². The zero-order valence-corrected chi connectivity index (χ0v) is 16.4. The van der Waals surface area contributed by atoms with Crippen LogP contribution in [0.4, 0.5) is 5.69 Å². The maximum Gasteiger partial charge on any atom is 0.287 e. The molecular weight excluding hydrogens is 402 g/mol. The highest BCUT2D eigenvalue weighted by atomic mass is 32.2. The van der Waals surface area contributed by atoms with Crippen molar-refractivity contribution in [3.8, 4) is 0 Å². The molecule has 0 saturated carbocycles. The average Bonchev–Trinajstić information content (AvgIpc) is 3.03. The number of carbonyl (C=O) groups excluding carboxylic acids is 2. The molecule has 154 valence electrons. The second-order valence-corrected chi connectivity index (χ2v) is 8.31. The summed E-state index contributed by atoms with van der Waals surface area (Å²) >= 11 is 0. The van der Waals surface area contributed by atoms with Gasteiger partial charge in [0.2, 0.25) is 10.0 Å². The molecular formula is C18H19N3O7S. The predicted octanol–water partition coefficient (Wildman–Crippen LogP) is 1.72. The maximum absolute atomic E-state index is 12.3. The topological polar surface area (TPSA) is 149 Å². The van der Waals surface area contributed by atoms with Crippen molar-refractivity contribution in [3.05, 3.63) is 57.0 Å². The fraction of sp³-hybridized carbons (Fsp3) is 0.333. The van der Waals surface area contributed by atoms with Gasteiger partial charge in [0, 0.05) is 43.6 Å². The minimum Gasteiger partial charge on any atom is -0.455 e. The van der Waals surface area contributed by atoms with Crippen LogP contribution in [0.3, 0.4) is 0 Å². The van der Waals surface area contributed by atoms with Gasteiger partial charge in [-0.3, -0.25) is 19.7 Å². The van der Waals surface area contributed by atoms with Gasteiger partial charge >= 0.3 is 0 Å². The van der Waals surface area contributed by atoms with E-state index in [1.165, 1.54) is 18.2 Å². The lowest BCUT2D eigenvalue weighted by Gasteiger charge is -2.08. The summed E-state index contributed by atoms with van der Waals surface area (Å²) in [6, 6.07) is 4.66. The van der Waals surface area contributed by atoms with Gasteiger partial charge in [0.15, 0.2) is 11.5 Å². The first kappa shape index (κ1) is 20.7. The molecule has 29 heavy (non-hydrogen) atoms. The van der Waals surface area contributed by atoms with Crippen LogP contribution in [0.2, 0.25) is 0 Å². The summed E-state index contributed by atoms with van der Waals surface area (Å²) < 4.78 is 32.3. The van der Waals surface area contributed by atoms with E-state index in [2.05, 4.69) is 10.0 Å². The normalized spacial score (nSPS) is 13.8. The largest absolute Gasteiger partial charge is 0.455 e. The Kier molecular flexibility index (Phi) is 5.80. The highest BCUT2D eigenvalue weighted by molar-refractivity contribution is 7.89. The van der Waals surface area contributed by atoms with Crippen molar-refractivity contribution in [2.24, 2.45) is 0 Å². The van der Waals surface area contributed by atoms with E-state index in [-0.39, 0.29) is 35.2 Å². The monoisotopic (exact) mass is 421 g/mol. The average molecular weight is 421 g/mol. The SMILES string of the molecule is Cc1c(C(=O)NCCNS(=O)(=O)c2cccc([N+](=O)[O-])c2)oc2c1C(=O)CCC2. The smallest absolute Gasteiger partial charge is 0.287 e. The summed E-state index contributed by atoms with van der Waals surface area (Å²) in [6.07, 6.45) is 1.70. The molecule has 0 radical (unpaired) electrons. The summed E-state index contributed by atoms with van der Waals surface area (Å²) in [5.41, 5.74) is 0.611. The number of hydrogen-bond acceptors (Lipinski definition) is 7. The summed E-state index contributed by atoms with van der Waals surface area (Å²) in [7, 11) is -3.97. The van der Waals surface area contributed by atoms with Gasteiger partial charge in [-0.1, -0.05) is 6.07 Å². The Labute approximate surface area is 166 Å². The summed E-state index contributed by atoms with van der Waals surface area (Å²) in [4.78, 5) is 34.2. The van der Waals surface area contributed by atoms with Crippen LogP contribution in [-0.2, 0) is 16.4 Å². The molecule has 2 aromatic rings. The van der Waals surface area contributed by atoms with Crippen LogP contribution in [0.1, 0.15) is 45.1 Å². The number of nitrogens with one attached hydrogen (secondary N) is 2. The van der Waals surface area contributed by atoms with Crippen LogP contribution in [0.5, 0.6) is 0 Å². The summed E-state index contributed by atoms with van der Waals surface area (Å²) in [5, 5.41) is 13.3. The number of nitro benzene ring substituents is 1. The van der Waals surface area contributed by atoms with Gasteiger partial charge in [-0.25, -0.2) is 13.1 Å². The molecule has 0 unspecified atom stereocenters. The molecule has 1 aliphatic rings. The number of nitrogens with zero attached hydrogens (tertiary/aromatic N) is 1. The molecule has 1 aromatic heterocycles. The zero-order valence-electron chi connectivity index (χ0n) is 15.6. The Balaban J connectivity index is 1.59. The Bertz CT molecular complexity index is 1090. The number of aryl methyl sites for hydroxylation is 1. The van der Waals surface area contributed by atoms with E-state index in [4.69, 9.17) is 4.42 Å². The molecule has 3 rings (SSSR count). The van der Waals surface area contributed by atoms with Gasteiger partial charge in [-0.15, -0.1) is 0 Å². The number of ketones is 1. The summed E-state index contributed by atoms with van der Waals surface area (Å²) in [6.45, 7) is 1.48. The quantitative estimate of drug-likeness (QED) is 0.393. The third-order valence-corrected chi connectivity index (χ3v) is 6.01. The van der Waals surface area contributed by atoms with E-state index < -0.39 is 20.9 Å². The number of amides is 1. The molecule has 0 atom stereocenters.